The summed E-state index contributed by atoms with van der Waals surface area (Å²) in [6, 6.07) is 57.5. The van der Waals surface area contributed by atoms with Crippen LogP contribution in [-0.4, -0.2) is 19.5 Å². The largest absolute Gasteiger partial charge is 0.276 e. The van der Waals surface area contributed by atoms with E-state index in [-0.39, 0.29) is 0 Å². The average molecular weight is 771 g/mol. The fourth-order valence-corrected chi connectivity index (χ4v) is 11.1. The third-order valence-electron chi connectivity index (χ3n) is 12.6. The number of aromatic nitrogens is 4. The molecule has 9 aromatic carbocycles. The number of thiophene rings is 1. The fourth-order valence-electron chi connectivity index (χ4n) is 9.91. The Balaban J connectivity index is 1.32. The number of pyridine rings is 1. The molecule has 0 saturated heterocycles. The van der Waals surface area contributed by atoms with Crippen molar-refractivity contribution >= 4 is 118 Å². The molecule has 0 bridgehead atoms. The van der Waals surface area contributed by atoms with Gasteiger partial charge in [-0.15, -0.1) is 11.3 Å². The third kappa shape index (κ3) is 4.51. The molecule has 4 heterocycles. The molecule has 0 N–H and O–H groups in total. The number of fused-ring (bicyclic) bond motifs is 20. The minimum atomic E-state index is 0.366. The SMILES string of the molecule is CC(C)c1ccc(-c2nc(-n3c4c(ccc5c6ccccc6sc54)c4c5ccccc5c5c6ccccc6c6ccccc6c5c43)nc3ccc4ccccc4c23)nc1. The van der Waals surface area contributed by atoms with E-state index in [1.165, 1.54) is 79.6 Å². The van der Waals surface area contributed by atoms with Crippen LogP contribution in [0.25, 0.3) is 124 Å². The predicted molar refractivity (Wildman–Crippen MR) is 252 cm³/mol. The van der Waals surface area contributed by atoms with Crippen molar-refractivity contribution in [1.82, 2.24) is 19.5 Å². The van der Waals surface area contributed by atoms with Crippen LogP contribution in [0.1, 0.15) is 25.3 Å². The summed E-state index contributed by atoms with van der Waals surface area (Å²) in [7, 11) is 0. The molecule has 0 atom stereocenters. The Morgan fingerprint density at radius 1 is 0.458 bits per heavy atom. The highest BCUT2D eigenvalue weighted by Crippen LogP contribution is 2.50. The molecule has 276 valence electrons. The van der Waals surface area contributed by atoms with Crippen LogP contribution >= 0.6 is 11.3 Å². The first-order valence-electron chi connectivity index (χ1n) is 20.3. The number of benzene rings is 9. The summed E-state index contributed by atoms with van der Waals surface area (Å²) < 4.78 is 4.91. The third-order valence-corrected chi connectivity index (χ3v) is 13.8. The van der Waals surface area contributed by atoms with Gasteiger partial charge in [0, 0.05) is 48.6 Å². The predicted octanol–water partition coefficient (Wildman–Crippen LogP) is 15.0. The van der Waals surface area contributed by atoms with E-state index in [2.05, 4.69) is 176 Å². The maximum Gasteiger partial charge on any atom is 0.235 e. The molecule has 0 aliphatic rings. The highest BCUT2D eigenvalue weighted by molar-refractivity contribution is 7.26. The second-order valence-corrected chi connectivity index (χ2v) is 17.1. The van der Waals surface area contributed by atoms with E-state index in [0.717, 1.165) is 44.1 Å². The van der Waals surface area contributed by atoms with Gasteiger partial charge in [0.15, 0.2) is 0 Å². The Labute approximate surface area is 342 Å². The van der Waals surface area contributed by atoms with E-state index in [9.17, 15) is 0 Å². The van der Waals surface area contributed by atoms with Gasteiger partial charge in [-0.3, -0.25) is 9.55 Å². The Bertz CT molecular complexity index is 3930. The van der Waals surface area contributed by atoms with Gasteiger partial charge in [-0.2, -0.15) is 0 Å². The highest BCUT2D eigenvalue weighted by atomic mass is 32.1. The van der Waals surface area contributed by atoms with Crippen LogP contribution in [0, 0.1) is 0 Å². The zero-order chi connectivity index (χ0) is 38.9. The smallest absolute Gasteiger partial charge is 0.235 e. The number of hydrogen-bond donors (Lipinski definition) is 0. The molecule has 0 amide bonds. The second-order valence-electron chi connectivity index (χ2n) is 16.1. The van der Waals surface area contributed by atoms with Crippen molar-refractivity contribution in [1.29, 1.82) is 0 Å². The van der Waals surface area contributed by atoms with Gasteiger partial charge in [0.25, 0.3) is 0 Å². The van der Waals surface area contributed by atoms with Crippen molar-refractivity contribution in [3.8, 4) is 17.3 Å². The van der Waals surface area contributed by atoms with Crippen LogP contribution in [0.5, 0.6) is 0 Å². The van der Waals surface area contributed by atoms with Crippen LogP contribution in [0.3, 0.4) is 0 Å². The van der Waals surface area contributed by atoms with Gasteiger partial charge >= 0.3 is 0 Å². The van der Waals surface area contributed by atoms with Crippen molar-refractivity contribution in [2.75, 3.05) is 0 Å². The van der Waals surface area contributed by atoms with Crippen LogP contribution < -0.4 is 0 Å². The molecule has 0 radical (unpaired) electrons. The lowest BCUT2D eigenvalue weighted by Crippen LogP contribution is -2.05. The normalized spacial score (nSPS) is 12.4. The van der Waals surface area contributed by atoms with Crippen molar-refractivity contribution < 1.29 is 0 Å². The van der Waals surface area contributed by atoms with E-state index in [0.29, 0.717) is 11.9 Å². The first kappa shape index (κ1) is 32.8. The average Bonchev–Trinajstić information content (AvgIpc) is 3.85. The Morgan fingerprint density at radius 3 is 1.78 bits per heavy atom. The van der Waals surface area contributed by atoms with Gasteiger partial charge in [0.2, 0.25) is 5.95 Å². The highest BCUT2D eigenvalue weighted by Gasteiger charge is 2.27. The minimum absolute atomic E-state index is 0.366. The standard InChI is InChI=1S/C54H34N4S/c1-30(2)32-24-28-44(55-29-32)50-48-33-14-4-3-13-31(33)23-27-43(48)56-54(57-50)58-51-42(26-25-41-36-17-11-12-22-45(36)59-53(41)51)47-40-21-10-9-20-39(40)46-37-18-7-5-15-34(37)35-16-6-8-19-38(35)49(46)52(47)58/h3-30H,1-2H3. The molecule has 4 nitrogen and oxygen atoms in total. The molecule has 13 rings (SSSR count). The van der Waals surface area contributed by atoms with Gasteiger partial charge in [-0.25, -0.2) is 9.97 Å². The molecule has 0 saturated carbocycles. The summed E-state index contributed by atoms with van der Waals surface area (Å²) in [5, 5.41) is 18.0. The molecule has 13 aromatic rings. The first-order valence-corrected chi connectivity index (χ1v) is 21.1. The molecule has 0 unspecified atom stereocenters. The van der Waals surface area contributed by atoms with Crippen LogP contribution in [0.4, 0.5) is 0 Å². The quantitative estimate of drug-likeness (QED) is 0.168. The summed E-state index contributed by atoms with van der Waals surface area (Å²) in [6.45, 7) is 4.42. The van der Waals surface area contributed by atoms with Gasteiger partial charge in [-0.05, 0) is 72.8 Å². The zero-order valence-electron chi connectivity index (χ0n) is 32.4. The van der Waals surface area contributed by atoms with E-state index >= 15 is 0 Å². The summed E-state index contributed by atoms with van der Waals surface area (Å²) >= 11 is 1.85. The maximum atomic E-state index is 5.72. The first-order chi connectivity index (χ1) is 29.1. The molecule has 5 heteroatoms. The van der Waals surface area contributed by atoms with Crippen LogP contribution in [0.2, 0.25) is 0 Å². The minimum Gasteiger partial charge on any atom is -0.276 e. The van der Waals surface area contributed by atoms with E-state index in [1.54, 1.807) is 0 Å². The number of hydrogen-bond acceptors (Lipinski definition) is 4. The monoisotopic (exact) mass is 770 g/mol. The van der Waals surface area contributed by atoms with Gasteiger partial charge in [0.05, 0.1) is 26.9 Å². The van der Waals surface area contributed by atoms with Crippen molar-refractivity contribution in [3.63, 3.8) is 0 Å². The lowest BCUT2D eigenvalue weighted by Gasteiger charge is -2.17. The molecular weight excluding hydrogens is 737 g/mol. The van der Waals surface area contributed by atoms with Crippen molar-refractivity contribution in [2.24, 2.45) is 0 Å². The van der Waals surface area contributed by atoms with E-state index in [1.807, 2.05) is 17.5 Å². The summed E-state index contributed by atoms with van der Waals surface area (Å²) in [6.07, 6.45) is 2.01. The Hall–Kier alpha value is -7.21. The maximum absolute atomic E-state index is 5.72. The van der Waals surface area contributed by atoms with E-state index in [4.69, 9.17) is 15.0 Å². The topological polar surface area (TPSA) is 43.6 Å². The summed E-state index contributed by atoms with van der Waals surface area (Å²) in [5.41, 5.74) is 5.99. The lowest BCUT2D eigenvalue weighted by atomic mass is 9.89. The molecule has 4 aromatic heterocycles. The molecular formula is C54H34N4S. The molecule has 0 spiro atoms. The molecule has 0 aliphatic carbocycles. The zero-order valence-corrected chi connectivity index (χ0v) is 33.2. The Kier molecular flexibility index (Phi) is 6.76. The fraction of sp³-hybridized carbons (Fsp3) is 0.0556. The summed E-state index contributed by atoms with van der Waals surface area (Å²) in [4.78, 5) is 16.5. The molecule has 59 heavy (non-hydrogen) atoms. The summed E-state index contributed by atoms with van der Waals surface area (Å²) in [5.74, 6) is 1.00. The van der Waals surface area contributed by atoms with Crippen LogP contribution in [-0.2, 0) is 0 Å². The van der Waals surface area contributed by atoms with E-state index < -0.39 is 0 Å². The molecule has 0 aliphatic heterocycles. The molecule has 0 fully saturated rings. The van der Waals surface area contributed by atoms with Gasteiger partial charge < -0.3 is 0 Å². The lowest BCUT2D eigenvalue weighted by molar-refractivity contribution is 0.858. The number of rotatable bonds is 3. The van der Waals surface area contributed by atoms with Gasteiger partial charge in [-0.1, -0.05) is 153 Å². The van der Waals surface area contributed by atoms with Crippen molar-refractivity contribution in [3.05, 3.63) is 169 Å². The van der Waals surface area contributed by atoms with Crippen molar-refractivity contribution in [2.45, 2.75) is 19.8 Å². The van der Waals surface area contributed by atoms with Crippen LogP contribution in [0.15, 0.2) is 164 Å². The second kappa shape index (κ2) is 12.2. The Morgan fingerprint density at radius 2 is 1.07 bits per heavy atom. The van der Waals surface area contributed by atoms with Gasteiger partial charge in [0.1, 0.15) is 5.69 Å². The number of nitrogens with zero attached hydrogens (tertiary/aromatic N) is 4.